The first-order valence-electron chi connectivity index (χ1n) is 6.11. The van der Waals surface area contributed by atoms with E-state index in [4.69, 9.17) is 14.2 Å². The Kier molecular flexibility index (Phi) is 20.5. The van der Waals surface area contributed by atoms with Crippen LogP contribution in [0.4, 0.5) is 0 Å². The maximum absolute atomic E-state index is 10.9. The largest absolute Gasteiger partial charge is 0.663 e. The molecule has 0 N–H and O–H groups in total. The summed E-state index contributed by atoms with van der Waals surface area (Å²) in [6, 6.07) is 0. The summed E-state index contributed by atoms with van der Waals surface area (Å²) in [6.07, 6.45) is 1.08. The van der Waals surface area contributed by atoms with Crippen LogP contribution in [0.3, 0.4) is 0 Å². The fraction of sp³-hybridized carbons (Fsp3) is 0.917. The number of likely N-dealkylation sites (N-methyl/N-ethyl adjacent to an activating group) is 1. The zero-order valence-electron chi connectivity index (χ0n) is 11.5. The molecule has 0 aliphatic heterocycles. The summed E-state index contributed by atoms with van der Waals surface area (Å²) in [5.74, 6) is 0.237. The number of Topliss-reactive ketones (excluding diaryl/α,β-unsaturated/α-hetero) is 1. The average molecular weight is 335 g/mol. The second-order valence-electron chi connectivity index (χ2n) is 3.52. The predicted octanol–water partition coefficient (Wildman–Crippen LogP) is 1.41. The van der Waals surface area contributed by atoms with Crippen LogP contribution in [-0.2, 0) is 51.7 Å². The number of hydrogen-bond donors (Lipinski definition) is 0. The Morgan fingerprint density at radius 3 is 1.94 bits per heavy atom. The second-order valence-corrected chi connectivity index (χ2v) is 3.52. The third-order valence-corrected chi connectivity index (χ3v) is 2.12. The molecule has 0 aromatic carbocycles. The zero-order valence-corrected chi connectivity index (χ0v) is 14.4. The van der Waals surface area contributed by atoms with Crippen LogP contribution in [0.25, 0.3) is 5.32 Å². The van der Waals surface area contributed by atoms with Crippen molar-refractivity contribution >= 4 is 5.78 Å². The van der Waals surface area contributed by atoms with Crippen molar-refractivity contribution < 1.29 is 51.7 Å². The van der Waals surface area contributed by atoms with Gasteiger partial charge in [-0.1, -0.05) is 6.92 Å². The molecule has 0 atom stereocenters. The molecule has 0 amide bonds. The molecule has 1 radical (unpaired) electrons. The van der Waals surface area contributed by atoms with E-state index >= 15 is 0 Å². The van der Waals surface area contributed by atoms with Crippen LogP contribution in [0.5, 0.6) is 0 Å². The fourth-order valence-electron chi connectivity index (χ4n) is 1.06. The van der Waals surface area contributed by atoms with Gasteiger partial charge in [-0.3, -0.25) is 4.79 Å². The molecule has 0 saturated heterocycles. The summed E-state index contributed by atoms with van der Waals surface area (Å²) in [4.78, 5) is 10.9. The van der Waals surface area contributed by atoms with Crippen LogP contribution < -0.4 is 0 Å². The van der Waals surface area contributed by atoms with Crippen molar-refractivity contribution in [3.63, 3.8) is 0 Å². The Labute approximate surface area is 135 Å². The molecule has 0 fully saturated rings. The Morgan fingerprint density at radius 2 is 1.44 bits per heavy atom. The second kappa shape index (κ2) is 17.6. The van der Waals surface area contributed by atoms with E-state index in [-0.39, 0.29) is 38.5 Å². The number of ether oxygens (including phenoxy) is 3. The molecule has 0 aliphatic rings. The molecule has 0 unspecified atom stereocenters. The smallest absolute Gasteiger partial charge is 0.134 e. The molecule has 0 aliphatic carbocycles. The van der Waals surface area contributed by atoms with E-state index in [1.807, 2.05) is 6.92 Å². The van der Waals surface area contributed by atoms with Gasteiger partial charge in [0.1, 0.15) is 5.78 Å². The van der Waals surface area contributed by atoms with Crippen molar-refractivity contribution in [1.29, 1.82) is 0 Å². The molecular formula is C12H24NO4Y-. The van der Waals surface area contributed by atoms with Gasteiger partial charge in [0, 0.05) is 52.2 Å². The molecule has 0 aromatic rings. The molecule has 5 nitrogen and oxygen atoms in total. The van der Waals surface area contributed by atoms with Gasteiger partial charge in [-0.05, 0) is 0 Å². The van der Waals surface area contributed by atoms with Crippen LogP contribution in [0.1, 0.15) is 19.8 Å². The predicted molar refractivity (Wildman–Crippen MR) is 66.5 cm³/mol. The van der Waals surface area contributed by atoms with E-state index in [1.165, 1.54) is 0 Å². The monoisotopic (exact) mass is 335 g/mol. The van der Waals surface area contributed by atoms with Gasteiger partial charge >= 0.3 is 0 Å². The summed E-state index contributed by atoms with van der Waals surface area (Å²) in [6.45, 7) is 5.96. The first kappa shape index (κ1) is 20.9. The molecule has 6 heteroatoms. The maximum atomic E-state index is 10.9. The van der Waals surface area contributed by atoms with Gasteiger partial charge in [0.15, 0.2) is 0 Å². The summed E-state index contributed by atoms with van der Waals surface area (Å²) in [7, 11) is 1.76. The first-order valence-corrected chi connectivity index (χ1v) is 6.11. The molecular weight excluding hydrogens is 311 g/mol. The van der Waals surface area contributed by atoms with Gasteiger partial charge < -0.3 is 19.5 Å². The van der Waals surface area contributed by atoms with Crippen molar-refractivity contribution in [2.75, 3.05) is 53.2 Å². The number of carbonyl (C=O) groups is 1. The Balaban J connectivity index is 0. The normalized spacial score (nSPS) is 10.1. The van der Waals surface area contributed by atoms with Crippen molar-refractivity contribution in [2.45, 2.75) is 19.8 Å². The minimum Gasteiger partial charge on any atom is -0.663 e. The SMILES string of the molecule is CCC(=O)CCOCCOCCOCC[N-]C.[Y]. The number of ketones is 1. The Bertz CT molecular complexity index is 181. The first-order chi connectivity index (χ1) is 8.31. The minimum absolute atomic E-state index is 0. The number of carbonyl (C=O) groups excluding carboxylic acids is 1. The van der Waals surface area contributed by atoms with Crippen molar-refractivity contribution in [1.82, 2.24) is 0 Å². The van der Waals surface area contributed by atoms with Crippen LogP contribution >= 0.6 is 0 Å². The van der Waals surface area contributed by atoms with E-state index in [0.717, 1.165) is 6.54 Å². The van der Waals surface area contributed by atoms with Crippen molar-refractivity contribution in [2.24, 2.45) is 0 Å². The van der Waals surface area contributed by atoms with E-state index < -0.39 is 0 Å². The quantitative estimate of drug-likeness (QED) is 0.478. The minimum atomic E-state index is 0. The average Bonchev–Trinajstić information content (AvgIpc) is 2.35. The van der Waals surface area contributed by atoms with Gasteiger partial charge in [0.2, 0.25) is 0 Å². The van der Waals surface area contributed by atoms with Gasteiger partial charge in [0.05, 0.1) is 33.0 Å². The summed E-state index contributed by atoms with van der Waals surface area (Å²) >= 11 is 0. The number of nitrogens with zero attached hydrogens (tertiary/aromatic N) is 1. The van der Waals surface area contributed by atoms with Crippen LogP contribution in [0.2, 0.25) is 0 Å². The molecule has 0 rings (SSSR count). The molecule has 0 spiro atoms. The van der Waals surface area contributed by atoms with Gasteiger partial charge in [-0.2, -0.15) is 7.05 Å². The third kappa shape index (κ3) is 16.6. The molecule has 0 aromatic heterocycles. The van der Waals surface area contributed by atoms with E-state index in [1.54, 1.807) is 7.05 Å². The summed E-state index contributed by atoms with van der Waals surface area (Å²) in [5, 5.41) is 3.91. The molecule has 0 bridgehead atoms. The van der Waals surface area contributed by atoms with E-state index in [9.17, 15) is 4.79 Å². The number of hydrogen-bond acceptors (Lipinski definition) is 4. The van der Waals surface area contributed by atoms with Gasteiger partial charge in [-0.25, -0.2) is 0 Å². The van der Waals surface area contributed by atoms with Crippen molar-refractivity contribution in [3.05, 3.63) is 5.32 Å². The molecule has 18 heavy (non-hydrogen) atoms. The Morgan fingerprint density at radius 1 is 0.944 bits per heavy atom. The molecule has 0 saturated carbocycles. The third-order valence-electron chi connectivity index (χ3n) is 2.12. The summed E-state index contributed by atoms with van der Waals surface area (Å²) in [5.41, 5.74) is 0. The van der Waals surface area contributed by atoms with Crippen LogP contribution in [0, 0.1) is 0 Å². The van der Waals surface area contributed by atoms with Crippen molar-refractivity contribution in [3.8, 4) is 0 Å². The molecule has 105 valence electrons. The standard InChI is InChI=1S/C12H24NO4.Y/c1-3-12(14)4-6-15-8-10-17-11-9-16-7-5-13-2;/h3-11H2,1-2H3;/q-1;. The van der Waals surface area contributed by atoms with E-state index in [2.05, 4.69) is 5.32 Å². The van der Waals surface area contributed by atoms with Crippen LogP contribution in [0.15, 0.2) is 0 Å². The number of rotatable bonds is 13. The van der Waals surface area contributed by atoms with Gasteiger partial charge in [0.25, 0.3) is 0 Å². The topological polar surface area (TPSA) is 58.9 Å². The Hall–Kier alpha value is 0.614. The zero-order chi connectivity index (χ0) is 12.8. The van der Waals surface area contributed by atoms with E-state index in [0.29, 0.717) is 52.5 Å². The fourth-order valence-corrected chi connectivity index (χ4v) is 1.06. The van der Waals surface area contributed by atoms with Crippen LogP contribution in [-0.4, -0.2) is 59.0 Å². The maximum Gasteiger partial charge on any atom is 0.134 e. The summed E-state index contributed by atoms with van der Waals surface area (Å²) < 4.78 is 15.8. The van der Waals surface area contributed by atoms with Gasteiger partial charge in [-0.15, -0.1) is 6.54 Å². The molecule has 0 heterocycles.